The van der Waals surface area contributed by atoms with Crippen LogP contribution in [-0.2, 0) is 6.42 Å². The molecule has 0 radical (unpaired) electrons. The first-order chi connectivity index (χ1) is 7.58. The van der Waals surface area contributed by atoms with E-state index in [0.717, 1.165) is 6.42 Å². The van der Waals surface area contributed by atoms with Crippen molar-refractivity contribution in [2.45, 2.75) is 30.4 Å². The highest BCUT2D eigenvalue weighted by Crippen LogP contribution is 2.22. The van der Waals surface area contributed by atoms with Gasteiger partial charge >= 0.3 is 0 Å². The Hall–Kier alpha value is -0.480. The standard InChI is InChI=1S/C12H16BrNOS/c1-9(2)16-11-5-3-10(4-6-11)7-8-14-12(13)15/h3-6,9H,7-8H2,1-2H3,(H,14,15). The fourth-order valence-corrected chi connectivity index (χ4v) is 2.35. The Kier molecular flexibility index (Phi) is 5.91. The molecule has 4 heteroatoms. The third-order valence-electron chi connectivity index (χ3n) is 1.97. The van der Waals surface area contributed by atoms with Crippen molar-refractivity contribution < 1.29 is 4.79 Å². The minimum atomic E-state index is -0.153. The van der Waals surface area contributed by atoms with E-state index in [1.54, 1.807) is 0 Å². The van der Waals surface area contributed by atoms with E-state index in [0.29, 0.717) is 11.8 Å². The summed E-state index contributed by atoms with van der Waals surface area (Å²) < 4.78 is 0. The summed E-state index contributed by atoms with van der Waals surface area (Å²) in [4.78, 5) is 11.8. The van der Waals surface area contributed by atoms with E-state index < -0.39 is 0 Å². The van der Waals surface area contributed by atoms with Gasteiger partial charge in [-0.25, -0.2) is 0 Å². The van der Waals surface area contributed by atoms with Crippen LogP contribution in [0.4, 0.5) is 4.79 Å². The molecule has 0 aliphatic heterocycles. The van der Waals surface area contributed by atoms with E-state index in [9.17, 15) is 4.79 Å². The van der Waals surface area contributed by atoms with Gasteiger partial charge in [-0.2, -0.15) is 0 Å². The van der Waals surface area contributed by atoms with Crippen LogP contribution in [0.3, 0.4) is 0 Å². The smallest absolute Gasteiger partial charge is 0.287 e. The number of thioether (sulfide) groups is 1. The van der Waals surface area contributed by atoms with Crippen LogP contribution in [0.15, 0.2) is 29.2 Å². The quantitative estimate of drug-likeness (QED) is 0.509. The lowest BCUT2D eigenvalue weighted by Crippen LogP contribution is -2.18. The van der Waals surface area contributed by atoms with Gasteiger partial charge in [-0.3, -0.25) is 4.79 Å². The highest BCUT2D eigenvalue weighted by molar-refractivity contribution is 9.18. The molecular formula is C12H16BrNOS. The van der Waals surface area contributed by atoms with Crippen molar-refractivity contribution in [1.29, 1.82) is 0 Å². The third kappa shape index (κ3) is 5.56. The largest absolute Gasteiger partial charge is 0.346 e. The predicted molar refractivity (Wildman–Crippen MR) is 73.5 cm³/mol. The highest BCUT2D eigenvalue weighted by Gasteiger charge is 1.99. The Morgan fingerprint density at radius 2 is 2.00 bits per heavy atom. The van der Waals surface area contributed by atoms with Gasteiger partial charge in [-0.1, -0.05) is 26.0 Å². The molecule has 1 amide bonds. The van der Waals surface area contributed by atoms with E-state index >= 15 is 0 Å². The number of halogens is 1. The van der Waals surface area contributed by atoms with E-state index in [1.165, 1.54) is 10.5 Å². The van der Waals surface area contributed by atoms with Gasteiger partial charge < -0.3 is 5.32 Å². The molecule has 0 bridgehead atoms. The lowest BCUT2D eigenvalue weighted by molar-refractivity contribution is 0.262. The van der Waals surface area contributed by atoms with Crippen molar-refractivity contribution in [3.05, 3.63) is 29.8 Å². The van der Waals surface area contributed by atoms with Crippen LogP contribution in [0.25, 0.3) is 0 Å². The third-order valence-corrected chi connectivity index (χ3v) is 3.27. The number of hydrogen-bond donors (Lipinski definition) is 1. The second-order valence-corrected chi connectivity index (χ2v) is 6.13. The predicted octanol–water partition coefficient (Wildman–Crippen LogP) is 3.83. The van der Waals surface area contributed by atoms with E-state index in [2.05, 4.69) is 59.4 Å². The van der Waals surface area contributed by atoms with Crippen LogP contribution in [0.1, 0.15) is 19.4 Å². The molecule has 0 fully saturated rings. The van der Waals surface area contributed by atoms with Crippen LogP contribution >= 0.6 is 27.7 Å². The summed E-state index contributed by atoms with van der Waals surface area (Å²) in [6.07, 6.45) is 0.865. The minimum Gasteiger partial charge on any atom is -0.346 e. The summed E-state index contributed by atoms with van der Waals surface area (Å²) in [6, 6.07) is 8.50. The first-order valence-electron chi connectivity index (χ1n) is 5.27. The molecule has 0 unspecified atom stereocenters. The Morgan fingerprint density at radius 3 is 2.50 bits per heavy atom. The van der Waals surface area contributed by atoms with Gasteiger partial charge in [0.2, 0.25) is 0 Å². The van der Waals surface area contributed by atoms with Gasteiger partial charge in [0.15, 0.2) is 0 Å². The molecule has 0 spiro atoms. The van der Waals surface area contributed by atoms with Gasteiger partial charge in [-0.05, 0) is 24.1 Å². The summed E-state index contributed by atoms with van der Waals surface area (Å²) >= 11 is 4.69. The van der Waals surface area contributed by atoms with Crippen LogP contribution in [0.2, 0.25) is 0 Å². The van der Waals surface area contributed by atoms with Crippen LogP contribution < -0.4 is 5.32 Å². The van der Waals surface area contributed by atoms with Gasteiger partial charge in [0.05, 0.1) is 0 Å². The Bertz CT molecular complexity index is 337. The van der Waals surface area contributed by atoms with Crippen molar-refractivity contribution in [1.82, 2.24) is 5.32 Å². The molecule has 16 heavy (non-hydrogen) atoms. The maximum Gasteiger partial charge on any atom is 0.287 e. The van der Waals surface area contributed by atoms with Crippen molar-refractivity contribution in [3.63, 3.8) is 0 Å². The normalized spacial score (nSPS) is 10.5. The molecule has 0 heterocycles. The zero-order valence-corrected chi connectivity index (χ0v) is 11.9. The van der Waals surface area contributed by atoms with Crippen molar-refractivity contribution >= 4 is 32.5 Å². The average molecular weight is 302 g/mol. The second-order valence-electron chi connectivity index (χ2n) is 3.76. The first kappa shape index (κ1) is 13.6. The molecule has 0 saturated heterocycles. The van der Waals surface area contributed by atoms with E-state index in [4.69, 9.17) is 0 Å². The fourth-order valence-electron chi connectivity index (χ4n) is 1.31. The molecule has 0 saturated carbocycles. The molecule has 0 atom stereocenters. The van der Waals surface area contributed by atoms with Gasteiger partial charge in [0.1, 0.15) is 0 Å². The Labute approximate surface area is 109 Å². The molecule has 0 aliphatic carbocycles. The molecule has 88 valence electrons. The van der Waals surface area contributed by atoms with Crippen LogP contribution in [-0.4, -0.2) is 16.6 Å². The number of carbonyl (C=O) groups excluding carboxylic acids is 1. The van der Waals surface area contributed by atoms with Gasteiger partial charge in [0, 0.05) is 32.6 Å². The van der Waals surface area contributed by atoms with Crippen molar-refractivity contribution in [2.24, 2.45) is 0 Å². The molecule has 2 nitrogen and oxygen atoms in total. The first-order valence-corrected chi connectivity index (χ1v) is 6.94. The SMILES string of the molecule is CC(C)Sc1ccc(CCNC(=O)Br)cc1. The van der Waals surface area contributed by atoms with Crippen LogP contribution in [0, 0.1) is 0 Å². The number of benzene rings is 1. The average Bonchev–Trinajstić information content (AvgIpc) is 2.19. The van der Waals surface area contributed by atoms with E-state index in [1.807, 2.05) is 11.8 Å². The van der Waals surface area contributed by atoms with Crippen molar-refractivity contribution in [3.8, 4) is 0 Å². The number of nitrogens with one attached hydrogen (secondary N) is 1. The molecule has 1 aromatic carbocycles. The van der Waals surface area contributed by atoms with E-state index in [-0.39, 0.29) is 4.82 Å². The zero-order valence-electron chi connectivity index (χ0n) is 9.50. The topological polar surface area (TPSA) is 29.1 Å². The van der Waals surface area contributed by atoms with Gasteiger partial charge in [-0.15, -0.1) is 11.8 Å². The number of hydrogen-bond acceptors (Lipinski definition) is 2. The molecule has 0 aliphatic rings. The number of carbonyl (C=O) groups is 1. The summed E-state index contributed by atoms with van der Waals surface area (Å²) in [7, 11) is 0. The van der Waals surface area contributed by atoms with Crippen molar-refractivity contribution in [2.75, 3.05) is 6.54 Å². The number of amides is 1. The zero-order chi connectivity index (χ0) is 12.0. The molecule has 1 N–H and O–H groups in total. The number of rotatable bonds is 5. The van der Waals surface area contributed by atoms with Crippen LogP contribution in [0.5, 0.6) is 0 Å². The molecular weight excluding hydrogens is 286 g/mol. The molecule has 1 aromatic rings. The highest BCUT2D eigenvalue weighted by atomic mass is 79.9. The summed E-state index contributed by atoms with van der Waals surface area (Å²) in [5, 5.41) is 3.32. The summed E-state index contributed by atoms with van der Waals surface area (Å²) in [5.74, 6) is 0. The maximum absolute atomic E-state index is 10.6. The molecule has 0 aromatic heterocycles. The Balaban J connectivity index is 2.42. The summed E-state index contributed by atoms with van der Waals surface area (Å²) in [6.45, 7) is 5.04. The van der Waals surface area contributed by atoms with Gasteiger partial charge in [0.25, 0.3) is 4.82 Å². The fraction of sp³-hybridized carbons (Fsp3) is 0.417. The lowest BCUT2D eigenvalue weighted by atomic mass is 10.1. The minimum absolute atomic E-state index is 0.153. The monoisotopic (exact) mass is 301 g/mol. The second kappa shape index (κ2) is 6.97. The lowest BCUT2D eigenvalue weighted by Gasteiger charge is -2.06. The molecule has 1 rings (SSSR count). The maximum atomic E-state index is 10.6. The Morgan fingerprint density at radius 1 is 1.38 bits per heavy atom. The summed E-state index contributed by atoms with van der Waals surface area (Å²) in [5.41, 5.74) is 1.24.